The number of carbonyl (C=O) groups excluding carboxylic acids is 1. The van der Waals surface area contributed by atoms with Gasteiger partial charge in [-0.1, -0.05) is 17.7 Å². The zero-order valence-corrected chi connectivity index (χ0v) is 15.3. The SMILES string of the molecule is Cc1ccc(S(=O)(=O)Nc2ccsc2C(=O)Nc2ccc(F)cc2)cc1. The maximum atomic E-state index is 12.9. The molecule has 0 saturated heterocycles. The number of halogens is 1. The van der Waals surface area contributed by atoms with E-state index in [-0.39, 0.29) is 15.5 Å². The van der Waals surface area contributed by atoms with Crippen molar-refractivity contribution in [1.29, 1.82) is 0 Å². The third kappa shape index (κ3) is 4.09. The van der Waals surface area contributed by atoms with Crippen LogP contribution in [0.25, 0.3) is 0 Å². The number of rotatable bonds is 5. The summed E-state index contributed by atoms with van der Waals surface area (Å²) in [4.78, 5) is 12.7. The van der Waals surface area contributed by atoms with Crippen LogP contribution in [-0.2, 0) is 10.0 Å². The molecule has 0 bridgehead atoms. The van der Waals surface area contributed by atoms with Crippen molar-refractivity contribution in [1.82, 2.24) is 0 Å². The van der Waals surface area contributed by atoms with Crippen LogP contribution in [0.15, 0.2) is 64.9 Å². The highest BCUT2D eigenvalue weighted by molar-refractivity contribution is 7.92. The van der Waals surface area contributed by atoms with E-state index >= 15 is 0 Å². The summed E-state index contributed by atoms with van der Waals surface area (Å²) in [6, 6.07) is 13.2. The molecule has 1 aromatic heterocycles. The minimum absolute atomic E-state index is 0.110. The van der Waals surface area contributed by atoms with Crippen LogP contribution in [0.4, 0.5) is 15.8 Å². The van der Waals surface area contributed by atoms with Crippen LogP contribution < -0.4 is 10.0 Å². The number of amides is 1. The fraction of sp³-hybridized carbons (Fsp3) is 0.0556. The van der Waals surface area contributed by atoms with Crippen molar-refractivity contribution in [2.75, 3.05) is 10.0 Å². The summed E-state index contributed by atoms with van der Waals surface area (Å²) in [5, 5.41) is 4.23. The second kappa shape index (κ2) is 7.27. The topological polar surface area (TPSA) is 75.3 Å². The zero-order valence-electron chi connectivity index (χ0n) is 13.7. The number of carbonyl (C=O) groups is 1. The van der Waals surface area contributed by atoms with E-state index in [0.29, 0.717) is 5.69 Å². The smallest absolute Gasteiger partial charge is 0.267 e. The Morgan fingerprint density at radius 1 is 1.00 bits per heavy atom. The van der Waals surface area contributed by atoms with Crippen LogP contribution in [-0.4, -0.2) is 14.3 Å². The molecular formula is C18H15FN2O3S2. The molecule has 5 nitrogen and oxygen atoms in total. The van der Waals surface area contributed by atoms with E-state index in [4.69, 9.17) is 0 Å². The van der Waals surface area contributed by atoms with Gasteiger partial charge >= 0.3 is 0 Å². The van der Waals surface area contributed by atoms with Gasteiger partial charge < -0.3 is 5.32 Å². The van der Waals surface area contributed by atoms with Crippen LogP contribution >= 0.6 is 11.3 Å². The summed E-state index contributed by atoms with van der Waals surface area (Å²) in [7, 11) is -3.81. The number of anilines is 2. The Kier molecular flexibility index (Phi) is 5.06. The fourth-order valence-corrected chi connectivity index (χ4v) is 4.09. The molecule has 0 atom stereocenters. The molecule has 0 spiro atoms. The Balaban J connectivity index is 1.80. The van der Waals surface area contributed by atoms with Gasteiger partial charge in [0.05, 0.1) is 10.6 Å². The van der Waals surface area contributed by atoms with Gasteiger partial charge in [0.15, 0.2) is 0 Å². The molecule has 8 heteroatoms. The molecule has 0 aliphatic carbocycles. The van der Waals surface area contributed by atoms with Crippen molar-refractivity contribution in [2.24, 2.45) is 0 Å². The van der Waals surface area contributed by atoms with Crippen molar-refractivity contribution < 1.29 is 17.6 Å². The van der Waals surface area contributed by atoms with Gasteiger partial charge in [0, 0.05) is 5.69 Å². The van der Waals surface area contributed by atoms with Crippen molar-refractivity contribution in [2.45, 2.75) is 11.8 Å². The lowest BCUT2D eigenvalue weighted by Gasteiger charge is -2.10. The van der Waals surface area contributed by atoms with E-state index in [1.54, 1.807) is 17.5 Å². The second-order valence-corrected chi connectivity index (χ2v) is 8.14. The second-order valence-electron chi connectivity index (χ2n) is 5.54. The number of nitrogens with one attached hydrogen (secondary N) is 2. The first kappa shape index (κ1) is 18.1. The average molecular weight is 390 g/mol. The average Bonchev–Trinajstić information content (AvgIpc) is 3.05. The van der Waals surface area contributed by atoms with E-state index in [9.17, 15) is 17.6 Å². The first-order valence-electron chi connectivity index (χ1n) is 7.59. The molecule has 0 aliphatic heterocycles. The number of sulfonamides is 1. The number of hydrogen-bond donors (Lipinski definition) is 2. The summed E-state index contributed by atoms with van der Waals surface area (Å²) in [6.45, 7) is 1.86. The molecule has 3 rings (SSSR count). The molecule has 0 fully saturated rings. The first-order valence-corrected chi connectivity index (χ1v) is 9.95. The largest absolute Gasteiger partial charge is 0.321 e. The minimum atomic E-state index is -3.81. The van der Waals surface area contributed by atoms with Gasteiger partial charge in [0.25, 0.3) is 15.9 Å². The molecular weight excluding hydrogens is 375 g/mol. The van der Waals surface area contributed by atoms with Gasteiger partial charge in [-0.05, 0) is 54.8 Å². The zero-order chi connectivity index (χ0) is 18.7. The quantitative estimate of drug-likeness (QED) is 0.684. The van der Waals surface area contributed by atoms with Gasteiger partial charge in [-0.15, -0.1) is 11.3 Å². The van der Waals surface area contributed by atoms with Gasteiger partial charge in [0.1, 0.15) is 10.7 Å². The van der Waals surface area contributed by atoms with Crippen molar-refractivity contribution in [3.8, 4) is 0 Å². The van der Waals surface area contributed by atoms with E-state index in [0.717, 1.165) is 16.9 Å². The number of thiophene rings is 1. The molecule has 0 radical (unpaired) electrons. The predicted octanol–water partition coefficient (Wildman–Crippen LogP) is 4.25. The highest BCUT2D eigenvalue weighted by Crippen LogP contribution is 2.26. The number of benzene rings is 2. The molecule has 1 heterocycles. The lowest BCUT2D eigenvalue weighted by atomic mass is 10.2. The molecule has 2 aromatic carbocycles. The predicted molar refractivity (Wildman–Crippen MR) is 101 cm³/mol. The van der Waals surface area contributed by atoms with E-state index in [1.165, 1.54) is 42.5 Å². The van der Waals surface area contributed by atoms with Gasteiger partial charge in [-0.25, -0.2) is 12.8 Å². The Bertz CT molecular complexity index is 1030. The molecule has 2 N–H and O–H groups in total. The summed E-state index contributed by atoms with van der Waals surface area (Å²) in [5.74, 6) is -0.890. The molecule has 26 heavy (non-hydrogen) atoms. The van der Waals surface area contributed by atoms with Gasteiger partial charge in [0.2, 0.25) is 0 Å². The lowest BCUT2D eigenvalue weighted by molar-refractivity contribution is 0.103. The Morgan fingerprint density at radius 3 is 2.31 bits per heavy atom. The summed E-state index contributed by atoms with van der Waals surface area (Å²) >= 11 is 1.11. The van der Waals surface area contributed by atoms with Crippen LogP contribution in [0.3, 0.4) is 0 Å². The maximum Gasteiger partial charge on any atom is 0.267 e. The van der Waals surface area contributed by atoms with Gasteiger partial charge in [-0.3, -0.25) is 9.52 Å². The monoisotopic (exact) mass is 390 g/mol. The fourth-order valence-electron chi connectivity index (χ4n) is 2.21. The van der Waals surface area contributed by atoms with E-state index in [2.05, 4.69) is 10.0 Å². The summed E-state index contributed by atoms with van der Waals surface area (Å²) in [6.07, 6.45) is 0. The third-order valence-corrected chi connectivity index (χ3v) is 5.84. The van der Waals surface area contributed by atoms with E-state index in [1.807, 2.05) is 6.92 Å². The van der Waals surface area contributed by atoms with Crippen LogP contribution in [0.2, 0.25) is 0 Å². The molecule has 0 aliphatic rings. The van der Waals surface area contributed by atoms with Crippen LogP contribution in [0.5, 0.6) is 0 Å². The summed E-state index contributed by atoms with van der Waals surface area (Å²) < 4.78 is 40.4. The molecule has 0 unspecified atom stereocenters. The number of hydrogen-bond acceptors (Lipinski definition) is 4. The van der Waals surface area contributed by atoms with Crippen molar-refractivity contribution in [3.63, 3.8) is 0 Å². The first-order chi connectivity index (χ1) is 12.3. The van der Waals surface area contributed by atoms with Gasteiger partial charge in [-0.2, -0.15) is 0 Å². The molecule has 3 aromatic rings. The maximum absolute atomic E-state index is 12.9. The van der Waals surface area contributed by atoms with Crippen molar-refractivity contribution >= 4 is 38.6 Å². The Hall–Kier alpha value is -2.71. The lowest BCUT2D eigenvalue weighted by Crippen LogP contribution is -2.17. The van der Waals surface area contributed by atoms with Crippen molar-refractivity contribution in [3.05, 3.63) is 76.2 Å². The minimum Gasteiger partial charge on any atom is -0.321 e. The van der Waals surface area contributed by atoms with Crippen LogP contribution in [0.1, 0.15) is 15.2 Å². The number of aryl methyl sites for hydroxylation is 1. The van der Waals surface area contributed by atoms with E-state index < -0.39 is 21.7 Å². The molecule has 134 valence electrons. The normalized spacial score (nSPS) is 11.2. The summed E-state index contributed by atoms with van der Waals surface area (Å²) in [5.41, 5.74) is 1.55. The highest BCUT2D eigenvalue weighted by atomic mass is 32.2. The molecule has 0 saturated carbocycles. The standard InChI is InChI=1S/C18H15FN2O3S2/c1-12-2-8-15(9-3-12)26(23,24)21-16-10-11-25-17(16)18(22)20-14-6-4-13(19)5-7-14/h2-11,21H,1H3,(H,20,22). The molecule has 1 amide bonds. The Morgan fingerprint density at radius 2 is 1.65 bits per heavy atom. The third-order valence-electron chi connectivity index (χ3n) is 3.55. The van der Waals surface area contributed by atoms with Crippen LogP contribution in [0, 0.1) is 12.7 Å². The highest BCUT2D eigenvalue weighted by Gasteiger charge is 2.20. The Labute approximate surface area is 154 Å².